The maximum Gasteiger partial charge on any atom is 0.241 e. The molecule has 0 aliphatic carbocycles. The summed E-state index contributed by atoms with van der Waals surface area (Å²) in [7, 11) is -2.09. The molecule has 104 valence electrons. The predicted molar refractivity (Wildman–Crippen MR) is 72.1 cm³/mol. The fourth-order valence-electron chi connectivity index (χ4n) is 1.37. The van der Waals surface area contributed by atoms with Crippen LogP contribution in [0.4, 0.5) is 0 Å². The number of ether oxygens (including phenoxy) is 1. The van der Waals surface area contributed by atoms with Crippen molar-refractivity contribution in [3.05, 3.63) is 29.8 Å². The van der Waals surface area contributed by atoms with Crippen LogP contribution < -0.4 is 4.72 Å². The SMILES string of the molecule is COCCNS(=O)(=O)c1ccccc1C#CCCO. The lowest BCUT2D eigenvalue weighted by atomic mass is 10.2. The number of aliphatic hydroxyl groups is 1. The van der Waals surface area contributed by atoms with Crippen LogP contribution in [0.3, 0.4) is 0 Å². The lowest BCUT2D eigenvalue weighted by Gasteiger charge is -2.07. The molecule has 0 atom stereocenters. The quantitative estimate of drug-likeness (QED) is 0.583. The van der Waals surface area contributed by atoms with Gasteiger partial charge in [0.2, 0.25) is 10.0 Å². The van der Waals surface area contributed by atoms with Crippen molar-refractivity contribution in [3.63, 3.8) is 0 Å². The molecule has 0 bridgehead atoms. The van der Waals surface area contributed by atoms with Crippen LogP contribution in [-0.2, 0) is 14.8 Å². The van der Waals surface area contributed by atoms with E-state index in [-0.39, 0.29) is 18.0 Å². The molecule has 0 saturated heterocycles. The Labute approximate surface area is 113 Å². The van der Waals surface area contributed by atoms with E-state index in [0.717, 1.165) is 0 Å². The molecule has 0 aliphatic heterocycles. The van der Waals surface area contributed by atoms with Gasteiger partial charge in [-0.1, -0.05) is 24.0 Å². The van der Waals surface area contributed by atoms with Gasteiger partial charge < -0.3 is 9.84 Å². The number of nitrogens with one attached hydrogen (secondary N) is 1. The molecule has 0 heterocycles. The lowest BCUT2D eigenvalue weighted by Crippen LogP contribution is -2.27. The summed E-state index contributed by atoms with van der Waals surface area (Å²) in [5.74, 6) is 5.46. The van der Waals surface area contributed by atoms with Crippen LogP contribution in [0.2, 0.25) is 0 Å². The third kappa shape index (κ3) is 5.01. The summed E-state index contributed by atoms with van der Waals surface area (Å²) < 4.78 is 31.4. The van der Waals surface area contributed by atoms with E-state index in [4.69, 9.17) is 9.84 Å². The van der Waals surface area contributed by atoms with Crippen LogP contribution in [0.5, 0.6) is 0 Å². The molecule has 0 saturated carbocycles. The molecule has 5 nitrogen and oxygen atoms in total. The molecule has 1 aromatic rings. The number of hydrogen-bond acceptors (Lipinski definition) is 4. The molecular weight excluding hydrogens is 266 g/mol. The van der Waals surface area contributed by atoms with E-state index in [0.29, 0.717) is 18.6 Å². The zero-order chi connectivity index (χ0) is 14.1. The van der Waals surface area contributed by atoms with Crippen molar-refractivity contribution in [2.75, 3.05) is 26.9 Å². The second kappa shape index (κ2) is 7.92. The smallest absolute Gasteiger partial charge is 0.241 e. The highest BCUT2D eigenvalue weighted by molar-refractivity contribution is 7.89. The Bertz CT molecular complexity index is 557. The van der Waals surface area contributed by atoms with Crippen molar-refractivity contribution in [3.8, 4) is 11.8 Å². The van der Waals surface area contributed by atoms with Gasteiger partial charge in [-0.05, 0) is 12.1 Å². The second-order valence-corrected chi connectivity index (χ2v) is 5.40. The monoisotopic (exact) mass is 283 g/mol. The first-order valence-electron chi connectivity index (χ1n) is 5.79. The minimum atomic E-state index is -3.60. The van der Waals surface area contributed by atoms with E-state index in [2.05, 4.69) is 16.6 Å². The van der Waals surface area contributed by atoms with Crippen LogP contribution in [0.1, 0.15) is 12.0 Å². The number of sulfonamides is 1. The third-order valence-corrected chi connectivity index (χ3v) is 3.75. The second-order valence-electron chi connectivity index (χ2n) is 3.66. The molecular formula is C13H17NO4S. The van der Waals surface area contributed by atoms with Crippen molar-refractivity contribution in [2.45, 2.75) is 11.3 Å². The molecule has 0 aromatic heterocycles. The lowest BCUT2D eigenvalue weighted by molar-refractivity contribution is 0.204. The zero-order valence-corrected chi connectivity index (χ0v) is 11.5. The highest BCUT2D eigenvalue weighted by atomic mass is 32.2. The molecule has 0 radical (unpaired) electrons. The number of benzene rings is 1. The number of rotatable bonds is 6. The van der Waals surface area contributed by atoms with Gasteiger partial charge in [0.25, 0.3) is 0 Å². The van der Waals surface area contributed by atoms with Crippen LogP contribution in [0.25, 0.3) is 0 Å². The molecule has 0 aliphatic rings. The Kier molecular flexibility index (Phi) is 6.53. The molecule has 1 rings (SSSR count). The van der Waals surface area contributed by atoms with Gasteiger partial charge in [0.1, 0.15) is 0 Å². The van der Waals surface area contributed by atoms with E-state index in [1.807, 2.05) is 0 Å². The van der Waals surface area contributed by atoms with Crippen molar-refractivity contribution < 1.29 is 18.3 Å². The van der Waals surface area contributed by atoms with E-state index in [1.165, 1.54) is 13.2 Å². The fourth-order valence-corrected chi connectivity index (χ4v) is 2.55. The first-order valence-corrected chi connectivity index (χ1v) is 7.27. The molecule has 0 fully saturated rings. The maximum absolute atomic E-state index is 12.1. The number of methoxy groups -OCH3 is 1. The average Bonchev–Trinajstić information content (AvgIpc) is 2.40. The predicted octanol–water partition coefficient (Wildman–Crippen LogP) is 0.345. The average molecular weight is 283 g/mol. The summed E-state index contributed by atoms with van der Waals surface area (Å²) in [6, 6.07) is 6.49. The standard InChI is InChI=1S/C13H17NO4S/c1-18-11-9-14-19(16,17)13-8-3-2-6-12(13)7-4-5-10-15/h2-3,6,8,14-15H,5,9-11H2,1H3. The van der Waals surface area contributed by atoms with Gasteiger partial charge in [-0.25, -0.2) is 13.1 Å². The van der Waals surface area contributed by atoms with Gasteiger partial charge in [0.05, 0.1) is 18.1 Å². The van der Waals surface area contributed by atoms with E-state index < -0.39 is 10.0 Å². The van der Waals surface area contributed by atoms with Gasteiger partial charge in [-0.15, -0.1) is 0 Å². The summed E-state index contributed by atoms with van der Waals surface area (Å²) in [5.41, 5.74) is 0.417. The topological polar surface area (TPSA) is 75.6 Å². The maximum atomic E-state index is 12.1. The third-order valence-electron chi connectivity index (χ3n) is 2.23. The van der Waals surface area contributed by atoms with Crippen molar-refractivity contribution in [1.29, 1.82) is 0 Å². The normalized spacial score (nSPS) is 10.8. The summed E-state index contributed by atoms with van der Waals surface area (Å²) in [6.07, 6.45) is 0.311. The van der Waals surface area contributed by atoms with Gasteiger partial charge in [-0.3, -0.25) is 0 Å². The Morgan fingerprint density at radius 3 is 2.79 bits per heavy atom. The minimum absolute atomic E-state index is 0.0476. The fraction of sp³-hybridized carbons (Fsp3) is 0.385. The number of aliphatic hydroxyl groups excluding tert-OH is 1. The summed E-state index contributed by atoms with van der Waals surface area (Å²) in [6.45, 7) is 0.461. The van der Waals surface area contributed by atoms with Crippen LogP contribution in [-0.4, -0.2) is 40.4 Å². The molecule has 19 heavy (non-hydrogen) atoms. The molecule has 6 heteroatoms. The molecule has 2 N–H and O–H groups in total. The van der Waals surface area contributed by atoms with E-state index >= 15 is 0 Å². The van der Waals surface area contributed by atoms with Crippen molar-refractivity contribution in [2.24, 2.45) is 0 Å². The molecule has 0 unspecified atom stereocenters. The van der Waals surface area contributed by atoms with Gasteiger partial charge >= 0.3 is 0 Å². The summed E-state index contributed by atoms with van der Waals surface area (Å²) in [4.78, 5) is 0.136. The number of hydrogen-bond donors (Lipinski definition) is 2. The Morgan fingerprint density at radius 1 is 1.37 bits per heavy atom. The van der Waals surface area contributed by atoms with E-state index in [9.17, 15) is 8.42 Å². The molecule has 0 spiro atoms. The van der Waals surface area contributed by atoms with Crippen molar-refractivity contribution in [1.82, 2.24) is 4.72 Å². The van der Waals surface area contributed by atoms with Gasteiger partial charge in [0.15, 0.2) is 0 Å². The highest BCUT2D eigenvalue weighted by Gasteiger charge is 2.16. The van der Waals surface area contributed by atoms with E-state index in [1.54, 1.807) is 18.2 Å². The minimum Gasteiger partial charge on any atom is -0.395 e. The largest absolute Gasteiger partial charge is 0.395 e. The Balaban J connectivity index is 2.97. The molecule has 1 aromatic carbocycles. The molecule has 0 amide bonds. The summed E-state index contributed by atoms with van der Waals surface area (Å²) >= 11 is 0. The Hall–Kier alpha value is -1.39. The first-order chi connectivity index (χ1) is 9.11. The van der Waals surface area contributed by atoms with Crippen molar-refractivity contribution >= 4 is 10.0 Å². The summed E-state index contributed by atoms with van der Waals surface area (Å²) in [5, 5.41) is 8.67. The highest BCUT2D eigenvalue weighted by Crippen LogP contribution is 2.13. The first kappa shape index (κ1) is 15.7. The van der Waals surface area contributed by atoms with Crippen LogP contribution in [0.15, 0.2) is 29.2 Å². The Morgan fingerprint density at radius 2 is 2.11 bits per heavy atom. The van der Waals surface area contributed by atoms with Gasteiger partial charge in [0, 0.05) is 25.6 Å². The van der Waals surface area contributed by atoms with Gasteiger partial charge in [-0.2, -0.15) is 0 Å². The van der Waals surface area contributed by atoms with Crippen LogP contribution in [0, 0.1) is 11.8 Å². The zero-order valence-electron chi connectivity index (χ0n) is 10.7. The van der Waals surface area contributed by atoms with Crippen LogP contribution >= 0.6 is 0 Å².